The molecular formula is C28H27Cl2FN4O4S. The fraction of sp³-hybridized carbons (Fsp3) is 0.321. The Morgan fingerprint density at radius 1 is 1.20 bits per heavy atom. The van der Waals surface area contributed by atoms with Gasteiger partial charge in [0.25, 0.3) is 5.91 Å². The van der Waals surface area contributed by atoms with Crippen molar-refractivity contribution in [3.05, 3.63) is 74.9 Å². The average molecular weight is 606 g/mol. The Bertz CT molecular complexity index is 1500. The zero-order valence-electron chi connectivity index (χ0n) is 21.5. The number of anilines is 1. The number of fused-ring (bicyclic) bond motifs is 1. The van der Waals surface area contributed by atoms with Crippen molar-refractivity contribution in [1.29, 1.82) is 0 Å². The van der Waals surface area contributed by atoms with Crippen LogP contribution in [0.4, 0.5) is 10.1 Å². The number of benzene rings is 2. The molecule has 0 bridgehead atoms. The maximum absolute atomic E-state index is 14.5. The number of aromatic nitrogens is 1. The monoisotopic (exact) mass is 604 g/mol. The fourth-order valence-electron chi connectivity index (χ4n) is 4.97. The van der Waals surface area contributed by atoms with Crippen molar-refractivity contribution in [2.45, 2.75) is 43.3 Å². The van der Waals surface area contributed by atoms with Crippen LogP contribution in [0.1, 0.15) is 35.2 Å². The van der Waals surface area contributed by atoms with Crippen LogP contribution in [0.25, 0.3) is 10.9 Å². The minimum atomic E-state index is -1.14. The van der Waals surface area contributed by atoms with E-state index in [9.17, 15) is 18.8 Å². The van der Waals surface area contributed by atoms with Crippen molar-refractivity contribution in [3.8, 4) is 0 Å². The third-order valence-corrected chi connectivity index (χ3v) is 9.01. The topological polar surface area (TPSA) is 104 Å². The third kappa shape index (κ3) is 6.09. The van der Waals surface area contributed by atoms with Crippen LogP contribution < -0.4 is 10.6 Å². The molecule has 2 aliphatic rings. The van der Waals surface area contributed by atoms with E-state index < -0.39 is 6.17 Å². The number of alkyl halides is 1. The molecule has 0 saturated carbocycles. The van der Waals surface area contributed by atoms with E-state index in [1.165, 1.54) is 24.9 Å². The number of halogens is 3. The Hall–Kier alpha value is -3.21. The number of allylic oxidation sites excluding steroid dienone is 1. The van der Waals surface area contributed by atoms with Crippen molar-refractivity contribution in [3.63, 3.8) is 0 Å². The second-order valence-electron chi connectivity index (χ2n) is 9.64. The molecule has 1 fully saturated rings. The number of esters is 1. The number of H-pyrrole nitrogens is 1. The largest absolute Gasteiger partial charge is 0.469 e. The number of amides is 2. The number of rotatable bonds is 8. The summed E-state index contributed by atoms with van der Waals surface area (Å²) in [7, 11) is 1.34. The van der Waals surface area contributed by atoms with E-state index in [-0.39, 0.29) is 65.1 Å². The van der Waals surface area contributed by atoms with Gasteiger partial charge in [-0.3, -0.25) is 14.4 Å². The first kappa shape index (κ1) is 28.3. The normalized spacial score (nSPS) is 20.4. The molecule has 40 heavy (non-hydrogen) atoms. The summed E-state index contributed by atoms with van der Waals surface area (Å²) in [5.74, 6) is -0.927. The molecule has 1 saturated heterocycles. The minimum absolute atomic E-state index is 0.0101. The van der Waals surface area contributed by atoms with Gasteiger partial charge in [0, 0.05) is 39.6 Å². The van der Waals surface area contributed by atoms with Crippen LogP contribution in [-0.4, -0.2) is 58.9 Å². The van der Waals surface area contributed by atoms with Crippen LogP contribution in [0.15, 0.2) is 53.7 Å². The fourth-order valence-corrected chi connectivity index (χ4v) is 6.67. The summed E-state index contributed by atoms with van der Waals surface area (Å²) >= 11 is 14.5. The molecule has 3 heterocycles. The lowest BCUT2D eigenvalue weighted by Gasteiger charge is -2.29. The zero-order valence-corrected chi connectivity index (χ0v) is 23.8. The van der Waals surface area contributed by atoms with E-state index in [2.05, 4.69) is 15.6 Å². The summed E-state index contributed by atoms with van der Waals surface area (Å²) in [5, 5.41) is 7.06. The predicted octanol–water partition coefficient (Wildman–Crippen LogP) is 5.67. The number of thioether (sulfide) groups is 1. The molecule has 3 atom stereocenters. The van der Waals surface area contributed by atoms with Gasteiger partial charge in [-0.15, -0.1) is 11.8 Å². The molecule has 3 aromatic rings. The number of carbonyl (C=O) groups excluding carboxylic acids is 3. The van der Waals surface area contributed by atoms with Crippen LogP contribution in [-0.2, 0) is 20.7 Å². The van der Waals surface area contributed by atoms with E-state index in [0.717, 1.165) is 15.8 Å². The first-order valence-electron chi connectivity index (χ1n) is 12.7. The van der Waals surface area contributed by atoms with Crippen LogP contribution >= 0.6 is 35.0 Å². The second-order valence-corrected chi connectivity index (χ2v) is 11.7. The lowest BCUT2D eigenvalue weighted by atomic mass is 10.1. The molecular weight excluding hydrogens is 578 g/mol. The lowest BCUT2D eigenvalue weighted by molar-refractivity contribution is -0.140. The van der Waals surface area contributed by atoms with Crippen molar-refractivity contribution in [2.24, 2.45) is 0 Å². The van der Waals surface area contributed by atoms with Crippen LogP contribution in [0.2, 0.25) is 10.0 Å². The highest BCUT2D eigenvalue weighted by molar-refractivity contribution is 8.03. The maximum atomic E-state index is 14.5. The van der Waals surface area contributed by atoms with Gasteiger partial charge in [0.05, 0.1) is 54.2 Å². The number of carbonyl (C=O) groups is 3. The molecule has 2 aliphatic heterocycles. The summed E-state index contributed by atoms with van der Waals surface area (Å²) < 4.78 is 19.2. The number of likely N-dealkylation sites (tertiary alicyclic amines) is 1. The van der Waals surface area contributed by atoms with Crippen LogP contribution in [0.5, 0.6) is 0 Å². The minimum Gasteiger partial charge on any atom is -0.469 e. The number of aromatic amines is 1. The molecule has 1 aromatic heterocycles. The third-order valence-electron chi connectivity index (χ3n) is 7.01. The molecule has 8 nitrogen and oxygen atoms in total. The van der Waals surface area contributed by atoms with Gasteiger partial charge in [0.2, 0.25) is 5.91 Å². The Kier molecular flexibility index (Phi) is 8.58. The highest BCUT2D eigenvalue weighted by Crippen LogP contribution is 2.37. The highest BCUT2D eigenvalue weighted by atomic mass is 35.5. The Morgan fingerprint density at radius 3 is 2.80 bits per heavy atom. The Morgan fingerprint density at radius 2 is 2.00 bits per heavy atom. The number of methoxy groups -OCH3 is 1. The average Bonchev–Trinajstić information content (AvgIpc) is 3.68. The summed E-state index contributed by atoms with van der Waals surface area (Å²) in [6.45, 7) is -0.0101. The second kappa shape index (κ2) is 12.1. The first-order valence-corrected chi connectivity index (χ1v) is 14.3. The number of para-hydroxylation sites is 1. The molecule has 0 radical (unpaired) electrons. The van der Waals surface area contributed by atoms with Crippen LogP contribution in [0.3, 0.4) is 0 Å². The van der Waals surface area contributed by atoms with E-state index in [1.807, 2.05) is 30.5 Å². The van der Waals surface area contributed by atoms with Gasteiger partial charge in [-0.1, -0.05) is 41.4 Å². The molecule has 2 amide bonds. The van der Waals surface area contributed by atoms with Gasteiger partial charge < -0.3 is 25.3 Å². The van der Waals surface area contributed by atoms with E-state index in [0.29, 0.717) is 23.2 Å². The van der Waals surface area contributed by atoms with Gasteiger partial charge in [-0.2, -0.15) is 0 Å². The first-order chi connectivity index (χ1) is 19.2. The van der Waals surface area contributed by atoms with E-state index in [4.69, 9.17) is 27.9 Å². The molecule has 0 aliphatic carbocycles. The van der Waals surface area contributed by atoms with Crippen molar-refractivity contribution < 1.29 is 23.5 Å². The number of nitrogens with one attached hydrogen (secondary N) is 3. The highest BCUT2D eigenvalue weighted by Gasteiger charge is 2.41. The van der Waals surface area contributed by atoms with Gasteiger partial charge in [-0.25, -0.2) is 4.39 Å². The quantitative estimate of drug-likeness (QED) is 0.286. The Labute approximate surface area is 244 Å². The summed E-state index contributed by atoms with van der Waals surface area (Å²) in [5.41, 5.74) is 2.09. The Balaban J connectivity index is 1.24. The van der Waals surface area contributed by atoms with E-state index >= 15 is 0 Å². The van der Waals surface area contributed by atoms with Gasteiger partial charge in [-0.05, 0) is 30.2 Å². The zero-order chi connectivity index (χ0) is 28.4. The molecule has 210 valence electrons. The number of hydrogen-bond donors (Lipinski definition) is 3. The standard InChI is InChI=1S/C28H27Cl2FN4O4S/c1-39-26(37)7-6-17-12-33-28(40-17)24-10-16(31)14-35(24)25(36)9-15-8-21(30)23(11-20(15)29)34-27(38)19-13-32-22-5-3-2-4-18(19)22/h2-5,8,11-13,16,24,28,32-33H,6-7,9-10,14H2,1H3,(H,34,38)/t16-,24-,28?/m0/s1. The molecule has 0 spiro atoms. The summed E-state index contributed by atoms with van der Waals surface area (Å²) in [6.07, 6.45) is 3.20. The maximum Gasteiger partial charge on any atom is 0.305 e. The smallest absolute Gasteiger partial charge is 0.305 e. The molecule has 1 unspecified atom stereocenters. The predicted molar refractivity (Wildman–Crippen MR) is 155 cm³/mol. The van der Waals surface area contributed by atoms with Crippen molar-refractivity contribution in [2.75, 3.05) is 19.0 Å². The molecule has 3 N–H and O–H groups in total. The lowest BCUT2D eigenvalue weighted by Crippen LogP contribution is -2.45. The number of hydrogen-bond acceptors (Lipinski definition) is 6. The summed E-state index contributed by atoms with van der Waals surface area (Å²) in [4.78, 5) is 43.3. The van der Waals surface area contributed by atoms with Crippen molar-refractivity contribution >= 4 is 69.3 Å². The van der Waals surface area contributed by atoms with Crippen molar-refractivity contribution in [1.82, 2.24) is 15.2 Å². The number of ether oxygens (including phenoxy) is 1. The SMILES string of the molecule is COC(=O)CCC1=CNC([C@@H]2C[C@H](F)CN2C(=O)Cc2cc(Cl)c(NC(=O)c3c[nH]c4ccccc34)cc2Cl)S1. The molecule has 5 rings (SSSR count). The van der Waals surface area contributed by atoms with Crippen LogP contribution in [0, 0.1) is 0 Å². The number of nitrogens with zero attached hydrogens (tertiary/aromatic N) is 1. The molecule has 2 aromatic carbocycles. The summed E-state index contributed by atoms with van der Waals surface area (Å²) in [6, 6.07) is 10.1. The van der Waals surface area contributed by atoms with E-state index in [1.54, 1.807) is 17.2 Å². The van der Waals surface area contributed by atoms with Gasteiger partial charge in [0.15, 0.2) is 0 Å². The van der Waals surface area contributed by atoms with Gasteiger partial charge in [0.1, 0.15) is 6.17 Å². The van der Waals surface area contributed by atoms with Gasteiger partial charge >= 0.3 is 5.97 Å². The molecule has 12 heteroatoms.